The molecule has 27 heavy (non-hydrogen) atoms. The van der Waals surface area contributed by atoms with Crippen molar-refractivity contribution in [3.63, 3.8) is 0 Å². The molecule has 0 spiro atoms. The van der Waals surface area contributed by atoms with Gasteiger partial charge in [-0.25, -0.2) is 4.90 Å². The number of nitrogens with zero attached hydrogens (tertiary/aromatic N) is 2. The van der Waals surface area contributed by atoms with Crippen molar-refractivity contribution >= 4 is 23.2 Å². The van der Waals surface area contributed by atoms with Crippen LogP contribution < -0.4 is 9.80 Å². The number of benzene rings is 2. The molecule has 0 radical (unpaired) electrons. The number of aryl methyl sites for hydroxylation is 1. The standard InChI is InChI=1S/C20H17F3N2O2/c1-11-8-14(20(21,22)23)17-15(9-11)24(2)10-13-16(17)19(27)25(18(13)26)12-6-4-3-5-7-12/h3-9,13,16H,10H2,1-2H3/t13-,16-/m1/s1. The number of amides is 2. The fourth-order valence-corrected chi connectivity index (χ4v) is 4.12. The average molecular weight is 374 g/mol. The number of para-hydroxylation sites is 1. The number of rotatable bonds is 1. The number of hydrogen-bond donors (Lipinski definition) is 0. The van der Waals surface area contributed by atoms with Gasteiger partial charge in [-0.15, -0.1) is 0 Å². The molecule has 2 amide bonds. The number of anilines is 2. The van der Waals surface area contributed by atoms with E-state index in [1.54, 1.807) is 55.3 Å². The monoisotopic (exact) mass is 374 g/mol. The smallest absolute Gasteiger partial charge is 0.373 e. The van der Waals surface area contributed by atoms with E-state index in [2.05, 4.69) is 0 Å². The molecule has 2 aliphatic rings. The van der Waals surface area contributed by atoms with Gasteiger partial charge >= 0.3 is 6.18 Å². The largest absolute Gasteiger partial charge is 0.416 e. The van der Waals surface area contributed by atoms with Crippen molar-refractivity contribution in [1.29, 1.82) is 0 Å². The van der Waals surface area contributed by atoms with Crippen LogP contribution in [0.5, 0.6) is 0 Å². The average Bonchev–Trinajstić information content (AvgIpc) is 2.85. The fraction of sp³-hybridized carbons (Fsp3) is 0.300. The number of alkyl halides is 3. The van der Waals surface area contributed by atoms with Gasteiger partial charge in [-0.3, -0.25) is 9.59 Å². The summed E-state index contributed by atoms with van der Waals surface area (Å²) in [7, 11) is 1.65. The molecule has 7 heteroatoms. The molecule has 2 atom stereocenters. The lowest BCUT2D eigenvalue weighted by Gasteiger charge is -2.35. The number of hydrogen-bond acceptors (Lipinski definition) is 3. The second-order valence-corrected chi connectivity index (χ2v) is 7.06. The van der Waals surface area contributed by atoms with E-state index in [4.69, 9.17) is 0 Å². The summed E-state index contributed by atoms with van der Waals surface area (Å²) >= 11 is 0. The molecule has 4 rings (SSSR count). The highest BCUT2D eigenvalue weighted by molar-refractivity contribution is 6.24. The van der Waals surface area contributed by atoms with Crippen molar-refractivity contribution in [2.24, 2.45) is 5.92 Å². The number of fused-ring (bicyclic) bond motifs is 3. The molecule has 2 aliphatic heterocycles. The van der Waals surface area contributed by atoms with E-state index in [0.717, 1.165) is 11.0 Å². The Labute approximate surface area is 154 Å². The molecule has 2 heterocycles. The van der Waals surface area contributed by atoms with E-state index >= 15 is 0 Å². The Hall–Kier alpha value is -2.83. The maximum atomic E-state index is 13.8. The third-order valence-electron chi connectivity index (χ3n) is 5.24. The van der Waals surface area contributed by atoms with Crippen LogP contribution in [0.1, 0.15) is 22.6 Å². The van der Waals surface area contributed by atoms with Crippen molar-refractivity contribution in [1.82, 2.24) is 0 Å². The minimum atomic E-state index is -4.61. The highest BCUT2D eigenvalue weighted by Crippen LogP contribution is 2.50. The number of halogens is 3. The molecule has 0 saturated carbocycles. The molecule has 1 saturated heterocycles. The Balaban J connectivity index is 1.92. The van der Waals surface area contributed by atoms with Crippen LogP contribution >= 0.6 is 0 Å². The predicted octanol–water partition coefficient (Wildman–Crippen LogP) is 3.74. The van der Waals surface area contributed by atoms with E-state index in [0.29, 0.717) is 16.9 Å². The lowest BCUT2D eigenvalue weighted by molar-refractivity contribution is -0.138. The second kappa shape index (κ2) is 5.84. The van der Waals surface area contributed by atoms with Gasteiger partial charge in [-0.05, 0) is 36.8 Å². The molecular weight excluding hydrogens is 357 g/mol. The fourth-order valence-electron chi connectivity index (χ4n) is 4.12. The van der Waals surface area contributed by atoms with Crippen molar-refractivity contribution in [2.45, 2.75) is 19.0 Å². The van der Waals surface area contributed by atoms with Crippen molar-refractivity contribution in [3.8, 4) is 0 Å². The van der Waals surface area contributed by atoms with E-state index in [9.17, 15) is 22.8 Å². The summed E-state index contributed by atoms with van der Waals surface area (Å²) in [5, 5.41) is 0. The third-order valence-corrected chi connectivity index (χ3v) is 5.24. The molecule has 2 aromatic rings. The first-order valence-electron chi connectivity index (χ1n) is 8.56. The first kappa shape index (κ1) is 17.6. The molecular formula is C20H17F3N2O2. The Bertz CT molecular complexity index is 940. The van der Waals surface area contributed by atoms with Crippen LogP contribution in [0.15, 0.2) is 42.5 Å². The summed E-state index contributed by atoms with van der Waals surface area (Å²) < 4.78 is 41.3. The Morgan fingerprint density at radius 3 is 2.33 bits per heavy atom. The topological polar surface area (TPSA) is 40.6 Å². The maximum Gasteiger partial charge on any atom is 0.416 e. The summed E-state index contributed by atoms with van der Waals surface area (Å²) in [5.41, 5.74) is 0.271. The van der Waals surface area contributed by atoms with Crippen LogP contribution in [0.2, 0.25) is 0 Å². The molecule has 0 unspecified atom stereocenters. The Morgan fingerprint density at radius 1 is 1.04 bits per heavy atom. The quantitative estimate of drug-likeness (QED) is 0.714. The summed E-state index contributed by atoms with van der Waals surface area (Å²) in [6.07, 6.45) is -4.61. The van der Waals surface area contributed by atoms with Gasteiger partial charge in [0.2, 0.25) is 11.8 Å². The molecule has 1 fully saturated rings. The van der Waals surface area contributed by atoms with E-state index in [1.165, 1.54) is 0 Å². The molecule has 2 aromatic carbocycles. The number of imide groups is 1. The van der Waals surface area contributed by atoms with Crippen LogP contribution in [-0.2, 0) is 15.8 Å². The highest BCUT2D eigenvalue weighted by atomic mass is 19.4. The van der Waals surface area contributed by atoms with Crippen LogP contribution in [-0.4, -0.2) is 25.4 Å². The van der Waals surface area contributed by atoms with Gasteiger partial charge in [0.15, 0.2) is 0 Å². The zero-order chi connectivity index (χ0) is 19.5. The molecule has 140 valence electrons. The van der Waals surface area contributed by atoms with Gasteiger partial charge in [-0.1, -0.05) is 18.2 Å². The van der Waals surface area contributed by atoms with Gasteiger partial charge < -0.3 is 4.90 Å². The van der Waals surface area contributed by atoms with Gasteiger partial charge in [0, 0.05) is 24.8 Å². The normalized spacial score (nSPS) is 22.1. The lowest BCUT2D eigenvalue weighted by Crippen LogP contribution is -2.38. The number of carbonyl (C=O) groups is 2. The van der Waals surface area contributed by atoms with Gasteiger partial charge in [0.05, 0.1) is 23.1 Å². The molecule has 0 aliphatic carbocycles. The first-order valence-corrected chi connectivity index (χ1v) is 8.56. The van der Waals surface area contributed by atoms with Crippen molar-refractivity contribution < 1.29 is 22.8 Å². The molecule has 0 N–H and O–H groups in total. The second-order valence-electron chi connectivity index (χ2n) is 7.06. The van der Waals surface area contributed by atoms with Crippen LogP contribution in [0.3, 0.4) is 0 Å². The maximum absolute atomic E-state index is 13.8. The Kier molecular flexibility index (Phi) is 3.80. The summed E-state index contributed by atoms with van der Waals surface area (Å²) in [4.78, 5) is 28.7. The van der Waals surface area contributed by atoms with Gasteiger partial charge in [0.25, 0.3) is 0 Å². The van der Waals surface area contributed by atoms with E-state index in [-0.39, 0.29) is 12.1 Å². The van der Waals surface area contributed by atoms with Crippen molar-refractivity contribution in [3.05, 3.63) is 59.2 Å². The third kappa shape index (κ3) is 2.60. The first-order chi connectivity index (χ1) is 12.7. The minimum absolute atomic E-state index is 0.0939. The Morgan fingerprint density at radius 2 is 1.70 bits per heavy atom. The predicted molar refractivity (Wildman–Crippen MR) is 94.6 cm³/mol. The van der Waals surface area contributed by atoms with Crippen LogP contribution in [0, 0.1) is 12.8 Å². The minimum Gasteiger partial charge on any atom is -0.373 e. The summed E-state index contributed by atoms with van der Waals surface area (Å²) in [6.45, 7) is 1.79. The van der Waals surface area contributed by atoms with Gasteiger partial charge in [0.1, 0.15) is 0 Å². The zero-order valence-corrected chi connectivity index (χ0v) is 14.7. The van der Waals surface area contributed by atoms with Crippen molar-refractivity contribution in [2.75, 3.05) is 23.4 Å². The van der Waals surface area contributed by atoms with Crippen LogP contribution in [0.4, 0.5) is 24.5 Å². The lowest BCUT2D eigenvalue weighted by atomic mass is 9.80. The van der Waals surface area contributed by atoms with Gasteiger partial charge in [-0.2, -0.15) is 13.2 Å². The molecule has 0 bridgehead atoms. The molecule has 0 aromatic heterocycles. The number of carbonyl (C=O) groups excluding carboxylic acids is 2. The van der Waals surface area contributed by atoms with E-state index < -0.39 is 35.4 Å². The van der Waals surface area contributed by atoms with E-state index in [1.807, 2.05) is 0 Å². The van der Waals surface area contributed by atoms with Crippen LogP contribution in [0.25, 0.3) is 0 Å². The SMILES string of the molecule is Cc1cc2c(c(C(F)(F)F)c1)[C@@H]1C(=O)N(c3ccccc3)C(=O)[C@@H]1CN2C. The molecule has 4 nitrogen and oxygen atoms in total. The highest BCUT2D eigenvalue weighted by Gasteiger charge is 2.54. The summed E-state index contributed by atoms with van der Waals surface area (Å²) in [5.74, 6) is -3.01. The summed E-state index contributed by atoms with van der Waals surface area (Å²) in [6, 6.07) is 11.0. The zero-order valence-electron chi connectivity index (χ0n) is 14.7.